The predicted octanol–water partition coefficient (Wildman–Crippen LogP) is 4.35. The number of hydrogen-bond donors (Lipinski definition) is 0. The van der Waals surface area contributed by atoms with Gasteiger partial charge in [-0.15, -0.1) is 0 Å². The molecule has 3 aromatic rings. The lowest BCUT2D eigenvalue weighted by Crippen LogP contribution is -2.50. The minimum Gasteiger partial charge on any atom is -0.496 e. The van der Waals surface area contributed by atoms with E-state index in [0.29, 0.717) is 18.2 Å². The van der Waals surface area contributed by atoms with Crippen molar-refractivity contribution in [1.29, 1.82) is 0 Å². The number of carbonyl (C=O) groups excluding carboxylic acids is 2. The number of aromatic nitrogens is 2. The molecule has 0 N–H and O–H groups in total. The van der Waals surface area contributed by atoms with Crippen LogP contribution in [-0.2, 0) is 14.3 Å². The van der Waals surface area contributed by atoms with Gasteiger partial charge in [-0.25, -0.2) is 4.98 Å². The number of benzene rings is 2. The molecule has 2 aromatic carbocycles. The highest BCUT2D eigenvalue weighted by Crippen LogP contribution is 2.43. The monoisotopic (exact) mass is 435 g/mol. The van der Waals surface area contributed by atoms with E-state index in [4.69, 9.17) is 14.5 Å². The van der Waals surface area contributed by atoms with Gasteiger partial charge < -0.3 is 14.0 Å². The Bertz CT molecular complexity index is 1120. The third-order valence-corrected chi connectivity index (χ3v) is 5.93. The Morgan fingerprint density at radius 2 is 1.81 bits per heavy atom. The molecule has 1 aliphatic heterocycles. The first-order chi connectivity index (χ1) is 15.6. The van der Waals surface area contributed by atoms with Gasteiger partial charge in [0.1, 0.15) is 5.75 Å². The van der Waals surface area contributed by atoms with Crippen LogP contribution in [0.25, 0.3) is 11.0 Å². The highest BCUT2D eigenvalue weighted by Gasteiger charge is 2.48. The van der Waals surface area contributed by atoms with Gasteiger partial charge in [0.05, 0.1) is 30.8 Å². The van der Waals surface area contributed by atoms with Gasteiger partial charge in [-0.1, -0.05) is 50.1 Å². The summed E-state index contributed by atoms with van der Waals surface area (Å²) in [4.78, 5) is 33.4. The molecular weight excluding hydrogens is 406 g/mol. The fraction of sp³-hybridized carbons (Fsp3) is 0.400. The maximum Gasteiger partial charge on any atom is 0.321 e. The average molecular weight is 436 g/mol. The highest BCUT2D eigenvalue weighted by atomic mass is 16.5. The lowest BCUT2D eigenvalue weighted by Gasteiger charge is -2.38. The van der Waals surface area contributed by atoms with Gasteiger partial charge in [0.15, 0.2) is 5.92 Å². The summed E-state index contributed by atoms with van der Waals surface area (Å²) in [7, 11) is 1.59. The molecule has 7 heteroatoms. The van der Waals surface area contributed by atoms with Gasteiger partial charge >= 0.3 is 5.97 Å². The number of imidazole rings is 1. The van der Waals surface area contributed by atoms with Crippen LogP contribution >= 0.6 is 0 Å². The number of para-hydroxylation sites is 3. The number of rotatable bonds is 8. The number of amides is 1. The van der Waals surface area contributed by atoms with Crippen molar-refractivity contribution >= 4 is 28.9 Å². The van der Waals surface area contributed by atoms with Gasteiger partial charge in [0, 0.05) is 12.1 Å². The highest BCUT2D eigenvalue weighted by molar-refractivity contribution is 6.08. The van der Waals surface area contributed by atoms with Crippen molar-refractivity contribution in [2.45, 2.75) is 39.2 Å². The summed E-state index contributed by atoms with van der Waals surface area (Å²) in [6, 6.07) is 14.6. The topological polar surface area (TPSA) is 73.7 Å². The number of ether oxygens (including phenoxy) is 2. The largest absolute Gasteiger partial charge is 0.496 e. The third kappa shape index (κ3) is 3.72. The van der Waals surface area contributed by atoms with Crippen molar-refractivity contribution in [3.8, 4) is 5.75 Å². The van der Waals surface area contributed by atoms with Gasteiger partial charge in [-0.05, 0) is 31.5 Å². The summed E-state index contributed by atoms with van der Waals surface area (Å²) < 4.78 is 13.0. The summed E-state index contributed by atoms with van der Waals surface area (Å²) in [6.07, 6.45) is 2.86. The fourth-order valence-electron chi connectivity index (χ4n) is 4.47. The summed E-state index contributed by atoms with van der Waals surface area (Å²) in [5, 5.41) is 0. The molecule has 0 saturated heterocycles. The standard InChI is InChI=1S/C25H29N3O4/c1-4-6-11-16-27-23(29)21(24(30)32-5-2)22(17-12-7-10-15-20(17)31-3)28-19-14-9-8-13-18(19)26-25(27)28/h7-10,12-15,21-22H,4-6,11,16H2,1-3H3/t21-,22-/m1/s1. The summed E-state index contributed by atoms with van der Waals surface area (Å²) >= 11 is 0. The zero-order chi connectivity index (χ0) is 22.7. The summed E-state index contributed by atoms with van der Waals surface area (Å²) in [5.74, 6) is -0.667. The molecule has 0 fully saturated rings. The van der Waals surface area contributed by atoms with E-state index in [1.807, 2.05) is 53.1 Å². The number of carbonyl (C=O) groups is 2. The van der Waals surface area contributed by atoms with Gasteiger partial charge in [-0.3, -0.25) is 14.5 Å². The Labute approximate surface area is 187 Å². The molecular formula is C25H29N3O4. The van der Waals surface area contributed by atoms with Crippen LogP contribution in [0.15, 0.2) is 48.5 Å². The average Bonchev–Trinajstić information content (AvgIpc) is 3.19. The maximum atomic E-state index is 13.8. The second-order valence-electron chi connectivity index (χ2n) is 7.88. The van der Waals surface area contributed by atoms with Gasteiger partial charge in [0.25, 0.3) is 0 Å². The van der Waals surface area contributed by atoms with Crippen molar-refractivity contribution in [2.75, 3.05) is 25.2 Å². The molecule has 1 aliphatic rings. The van der Waals surface area contributed by atoms with E-state index in [2.05, 4.69) is 6.92 Å². The van der Waals surface area contributed by atoms with Crippen molar-refractivity contribution in [1.82, 2.24) is 9.55 Å². The number of fused-ring (bicyclic) bond motifs is 3. The van der Waals surface area contributed by atoms with Crippen molar-refractivity contribution < 1.29 is 19.1 Å². The molecule has 0 saturated carbocycles. The first kappa shape index (κ1) is 21.9. The van der Waals surface area contributed by atoms with Crippen LogP contribution in [0.1, 0.15) is 44.7 Å². The Morgan fingerprint density at radius 1 is 1.06 bits per heavy atom. The quantitative estimate of drug-likeness (QED) is 0.299. The first-order valence-electron chi connectivity index (χ1n) is 11.2. The van der Waals surface area contributed by atoms with Crippen molar-refractivity contribution in [3.63, 3.8) is 0 Å². The van der Waals surface area contributed by atoms with Crippen LogP contribution in [0, 0.1) is 5.92 Å². The second kappa shape index (κ2) is 9.42. The van der Waals surface area contributed by atoms with Crippen LogP contribution in [0.2, 0.25) is 0 Å². The first-order valence-corrected chi connectivity index (χ1v) is 11.2. The maximum absolute atomic E-state index is 13.8. The molecule has 2 heterocycles. The van der Waals surface area contributed by atoms with Crippen LogP contribution < -0.4 is 9.64 Å². The Morgan fingerprint density at radius 3 is 2.56 bits per heavy atom. The van der Waals surface area contributed by atoms with Gasteiger partial charge in [0.2, 0.25) is 11.9 Å². The minimum atomic E-state index is -1.03. The molecule has 4 rings (SSSR count). The number of methoxy groups -OCH3 is 1. The van der Waals surface area contributed by atoms with Crippen LogP contribution in [0.4, 0.5) is 5.95 Å². The van der Waals surface area contributed by atoms with E-state index >= 15 is 0 Å². The van der Waals surface area contributed by atoms with Crippen LogP contribution in [0.5, 0.6) is 5.75 Å². The lowest BCUT2D eigenvalue weighted by atomic mass is 9.88. The summed E-state index contributed by atoms with van der Waals surface area (Å²) in [5.41, 5.74) is 2.39. The number of nitrogens with zero attached hydrogens (tertiary/aromatic N) is 3. The van der Waals surface area contributed by atoms with E-state index in [-0.39, 0.29) is 12.5 Å². The molecule has 0 unspecified atom stereocenters. The SMILES string of the molecule is CCCCCN1C(=O)[C@H](C(=O)OCC)[C@@H](c2ccccc2OC)n2c1nc1ccccc12. The van der Waals surface area contributed by atoms with Crippen molar-refractivity contribution in [2.24, 2.45) is 5.92 Å². The van der Waals surface area contributed by atoms with Crippen LogP contribution in [0.3, 0.4) is 0 Å². The third-order valence-electron chi connectivity index (χ3n) is 5.93. The molecule has 168 valence electrons. The Balaban J connectivity index is 1.97. The summed E-state index contributed by atoms with van der Waals surface area (Å²) in [6.45, 7) is 4.58. The molecule has 0 radical (unpaired) electrons. The zero-order valence-electron chi connectivity index (χ0n) is 18.8. The number of anilines is 1. The molecule has 0 aliphatic carbocycles. The van der Waals surface area contributed by atoms with Gasteiger partial charge in [-0.2, -0.15) is 0 Å². The number of unbranched alkanes of at least 4 members (excludes halogenated alkanes) is 2. The zero-order valence-corrected chi connectivity index (χ0v) is 18.8. The minimum absolute atomic E-state index is 0.203. The molecule has 32 heavy (non-hydrogen) atoms. The molecule has 1 aromatic heterocycles. The normalized spacial score (nSPS) is 18.0. The van der Waals surface area contributed by atoms with Crippen LogP contribution in [-0.4, -0.2) is 41.7 Å². The second-order valence-corrected chi connectivity index (χ2v) is 7.88. The van der Waals surface area contributed by atoms with E-state index in [1.54, 1.807) is 18.9 Å². The van der Waals surface area contributed by atoms with E-state index in [1.165, 1.54) is 0 Å². The predicted molar refractivity (Wildman–Crippen MR) is 123 cm³/mol. The lowest BCUT2D eigenvalue weighted by molar-refractivity contribution is -0.153. The smallest absolute Gasteiger partial charge is 0.321 e. The molecule has 0 spiro atoms. The van der Waals surface area contributed by atoms with E-state index in [9.17, 15) is 9.59 Å². The molecule has 0 bridgehead atoms. The number of esters is 1. The Hall–Kier alpha value is -3.35. The number of hydrogen-bond acceptors (Lipinski definition) is 5. The van der Waals surface area contributed by atoms with Crippen molar-refractivity contribution in [3.05, 3.63) is 54.1 Å². The van der Waals surface area contributed by atoms with E-state index < -0.39 is 17.9 Å². The van der Waals surface area contributed by atoms with E-state index in [0.717, 1.165) is 35.9 Å². The fourth-order valence-corrected chi connectivity index (χ4v) is 4.47. The molecule has 2 atom stereocenters. The Kier molecular flexibility index (Phi) is 6.44. The molecule has 1 amide bonds. The molecule has 7 nitrogen and oxygen atoms in total.